The summed E-state index contributed by atoms with van der Waals surface area (Å²) in [5, 5.41) is 9.14. The number of hydrogen-bond acceptors (Lipinski definition) is 2. The van der Waals surface area contributed by atoms with Crippen molar-refractivity contribution in [2.24, 2.45) is 5.41 Å². The number of aliphatic carboxylic acids is 1. The average Bonchev–Trinajstić information content (AvgIpc) is 2.81. The second kappa shape index (κ2) is 5.57. The second-order valence-corrected chi connectivity index (χ2v) is 6.45. The molecule has 22 heavy (non-hydrogen) atoms. The molecule has 0 radical (unpaired) electrons. The van der Waals surface area contributed by atoms with Crippen LogP contribution in [0.15, 0.2) is 22.7 Å². The maximum absolute atomic E-state index is 13.1. The zero-order valence-corrected chi connectivity index (χ0v) is 13.2. The van der Waals surface area contributed by atoms with Gasteiger partial charge in [0.25, 0.3) is 5.91 Å². The van der Waals surface area contributed by atoms with Crippen molar-refractivity contribution in [3.8, 4) is 0 Å². The molecule has 1 atom stereocenters. The van der Waals surface area contributed by atoms with Crippen molar-refractivity contribution in [2.45, 2.75) is 19.5 Å². The summed E-state index contributed by atoms with van der Waals surface area (Å²) in [5.74, 6) is -1.86. The minimum atomic E-state index is -4.66. The van der Waals surface area contributed by atoms with Crippen LogP contribution in [-0.2, 0) is 11.0 Å². The number of hydrogen-bond donors (Lipinski definition) is 1. The van der Waals surface area contributed by atoms with E-state index in [2.05, 4.69) is 15.9 Å². The lowest BCUT2D eigenvalue weighted by Gasteiger charge is -2.22. The number of carbonyl (C=O) groups excluding carboxylic acids is 1. The van der Waals surface area contributed by atoms with Crippen LogP contribution in [0.25, 0.3) is 0 Å². The van der Waals surface area contributed by atoms with Crippen molar-refractivity contribution in [2.75, 3.05) is 13.1 Å². The zero-order valence-electron chi connectivity index (χ0n) is 11.6. The predicted molar refractivity (Wildman–Crippen MR) is 75.4 cm³/mol. The fourth-order valence-electron chi connectivity index (χ4n) is 2.42. The van der Waals surface area contributed by atoms with E-state index in [-0.39, 0.29) is 24.0 Å². The van der Waals surface area contributed by atoms with Crippen molar-refractivity contribution < 1.29 is 27.9 Å². The molecule has 1 unspecified atom stereocenters. The Bertz CT molecular complexity index is 632. The van der Waals surface area contributed by atoms with Crippen LogP contribution in [0.3, 0.4) is 0 Å². The Balaban J connectivity index is 2.34. The molecule has 0 saturated carbocycles. The lowest BCUT2D eigenvalue weighted by Crippen LogP contribution is -2.35. The van der Waals surface area contributed by atoms with E-state index in [0.29, 0.717) is 0 Å². The molecule has 1 aliphatic heterocycles. The molecule has 1 amide bonds. The Labute approximate surface area is 133 Å². The number of rotatable bonds is 2. The maximum Gasteiger partial charge on any atom is 0.417 e. The topological polar surface area (TPSA) is 57.6 Å². The van der Waals surface area contributed by atoms with Gasteiger partial charge in [0.15, 0.2) is 0 Å². The lowest BCUT2D eigenvalue weighted by atomic mass is 9.90. The molecule has 8 heteroatoms. The Morgan fingerprint density at radius 3 is 2.50 bits per heavy atom. The van der Waals surface area contributed by atoms with E-state index in [4.69, 9.17) is 5.11 Å². The molecule has 0 aliphatic carbocycles. The number of carboxylic acid groups (broad SMARTS) is 1. The van der Waals surface area contributed by atoms with Crippen LogP contribution in [0.2, 0.25) is 0 Å². The first kappa shape index (κ1) is 16.8. The van der Waals surface area contributed by atoms with E-state index in [1.54, 1.807) is 0 Å². The van der Waals surface area contributed by atoms with Crippen LogP contribution in [0, 0.1) is 5.41 Å². The molecule has 1 fully saturated rings. The molecule has 0 spiro atoms. The van der Waals surface area contributed by atoms with Gasteiger partial charge < -0.3 is 10.0 Å². The number of nitrogens with zero attached hydrogens (tertiary/aromatic N) is 1. The van der Waals surface area contributed by atoms with E-state index < -0.39 is 34.6 Å². The number of likely N-dealkylation sites (tertiary alicyclic amines) is 1. The zero-order chi connectivity index (χ0) is 16.7. The summed E-state index contributed by atoms with van der Waals surface area (Å²) in [5.41, 5.74) is -2.62. The van der Waals surface area contributed by atoms with Gasteiger partial charge in [-0.2, -0.15) is 13.2 Å². The molecule has 1 saturated heterocycles. The largest absolute Gasteiger partial charge is 0.481 e. The van der Waals surface area contributed by atoms with Crippen molar-refractivity contribution in [3.05, 3.63) is 33.8 Å². The normalized spacial score (nSPS) is 22.0. The third kappa shape index (κ3) is 3.11. The molecular weight excluding hydrogens is 367 g/mol. The summed E-state index contributed by atoms with van der Waals surface area (Å²) in [6.45, 7) is 1.50. The lowest BCUT2D eigenvalue weighted by molar-refractivity contribution is -0.147. The quantitative estimate of drug-likeness (QED) is 0.856. The van der Waals surface area contributed by atoms with Gasteiger partial charge in [0.1, 0.15) is 0 Å². The molecule has 0 aromatic heterocycles. The van der Waals surface area contributed by atoms with Crippen LogP contribution in [0.5, 0.6) is 0 Å². The van der Waals surface area contributed by atoms with Crippen LogP contribution in [-0.4, -0.2) is 35.0 Å². The van der Waals surface area contributed by atoms with Crippen molar-refractivity contribution in [1.29, 1.82) is 0 Å². The smallest absolute Gasteiger partial charge is 0.417 e. The standard InChI is InChI=1S/C14H13BrF3NO3/c1-13(12(21)22)4-5-19(7-13)11(20)9-3-2-8(15)6-10(9)14(16,17)18/h2-3,6H,4-5,7H2,1H3,(H,21,22). The fraction of sp³-hybridized carbons (Fsp3) is 0.429. The van der Waals surface area contributed by atoms with Gasteiger partial charge in [-0.15, -0.1) is 0 Å². The van der Waals surface area contributed by atoms with Gasteiger partial charge in [-0.1, -0.05) is 15.9 Å². The average molecular weight is 380 g/mol. The predicted octanol–water partition coefficient (Wildman–Crippen LogP) is 3.40. The van der Waals surface area contributed by atoms with E-state index in [1.165, 1.54) is 13.0 Å². The minimum Gasteiger partial charge on any atom is -0.481 e. The van der Waals surface area contributed by atoms with E-state index in [0.717, 1.165) is 17.0 Å². The summed E-state index contributed by atoms with van der Waals surface area (Å²) >= 11 is 2.96. The van der Waals surface area contributed by atoms with E-state index >= 15 is 0 Å². The monoisotopic (exact) mass is 379 g/mol. The molecule has 2 rings (SSSR count). The number of benzene rings is 1. The third-order valence-electron chi connectivity index (χ3n) is 3.79. The molecule has 1 heterocycles. The van der Waals surface area contributed by atoms with Gasteiger partial charge in [-0.05, 0) is 31.5 Å². The highest BCUT2D eigenvalue weighted by molar-refractivity contribution is 9.10. The summed E-state index contributed by atoms with van der Waals surface area (Å²) in [4.78, 5) is 24.7. The maximum atomic E-state index is 13.1. The number of carboxylic acids is 1. The summed E-state index contributed by atoms with van der Waals surface area (Å²) in [6, 6.07) is 3.31. The van der Waals surface area contributed by atoms with Gasteiger partial charge in [-0.25, -0.2) is 0 Å². The highest BCUT2D eigenvalue weighted by atomic mass is 79.9. The fourth-order valence-corrected chi connectivity index (χ4v) is 2.78. The van der Waals surface area contributed by atoms with E-state index in [1.807, 2.05) is 0 Å². The highest BCUT2D eigenvalue weighted by Crippen LogP contribution is 2.36. The third-order valence-corrected chi connectivity index (χ3v) is 4.29. The van der Waals surface area contributed by atoms with Gasteiger partial charge in [0.05, 0.1) is 16.5 Å². The van der Waals surface area contributed by atoms with Crippen LogP contribution >= 0.6 is 15.9 Å². The van der Waals surface area contributed by atoms with Gasteiger partial charge in [0.2, 0.25) is 0 Å². The number of alkyl halides is 3. The van der Waals surface area contributed by atoms with Gasteiger partial charge in [0, 0.05) is 17.6 Å². The van der Waals surface area contributed by atoms with Crippen molar-refractivity contribution in [1.82, 2.24) is 4.90 Å². The first-order valence-electron chi connectivity index (χ1n) is 6.44. The number of carbonyl (C=O) groups is 2. The number of amides is 1. The second-order valence-electron chi connectivity index (χ2n) is 5.53. The number of halogens is 4. The molecule has 1 aromatic carbocycles. The summed E-state index contributed by atoms with van der Waals surface area (Å²) in [7, 11) is 0. The molecule has 0 bridgehead atoms. The molecule has 1 aromatic rings. The van der Waals surface area contributed by atoms with Crippen molar-refractivity contribution in [3.63, 3.8) is 0 Å². The molecule has 4 nitrogen and oxygen atoms in total. The van der Waals surface area contributed by atoms with Crippen LogP contribution in [0.1, 0.15) is 29.3 Å². The van der Waals surface area contributed by atoms with E-state index in [9.17, 15) is 22.8 Å². The Kier molecular flexibility index (Phi) is 4.25. The first-order chi connectivity index (χ1) is 10.0. The van der Waals surface area contributed by atoms with Crippen LogP contribution < -0.4 is 0 Å². The first-order valence-corrected chi connectivity index (χ1v) is 7.23. The Morgan fingerprint density at radius 2 is 2.00 bits per heavy atom. The Hall–Kier alpha value is -1.57. The van der Waals surface area contributed by atoms with Crippen molar-refractivity contribution >= 4 is 27.8 Å². The molecule has 1 aliphatic rings. The Morgan fingerprint density at radius 1 is 1.36 bits per heavy atom. The molecule has 1 N–H and O–H groups in total. The SMILES string of the molecule is CC1(C(=O)O)CCN(C(=O)c2ccc(Br)cc2C(F)(F)F)C1. The summed E-state index contributed by atoms with van der Waals surface area (Å²) < 4.78 is 39.4. The molecular formula is C14H13BrF3NO3. The highest BCUT2D eigenvalue weighted by Gasteiger charge is 2.44. The molecule has 120 valence electrons. The minimum absolute atomic E-state index is 0.103. The van der Waals surface area contributed by atoms with Gasteiger partial charge >= 0.3 is 12.1 Å². The summed E-state index contributed by atoms with van der Waals surface area (Å²) in [6.07, 6.45) is -4.45. The van der Waals surface area contributed by atoms with Gasteiger partial charge in [-0.3, -0.25) is 9.59 Å². The van der Waals surface area contributed by atoms with Crippen LogP contribution in [0.4, 0.5) is 13.2 Å².